The molecular weight excluding hydrogens is 428 g/mol. The number of carbonyl (C=O) groups excluding carboxylic acids is 1. The first-order valence-electron chi connectivity index (χ1n) is 12.7. The molecule has 3 aliphatic heterocycles. The van der Waals surface area contributed by atoms with Crippen LogP contribution in [0.1, 0.15) is 36.0 Å². The molecular formula is C26H36N6O2. The van der Waals surface area contributed by atoms with E-state index in [9.17, 15) is 4.79 Å². The molecule has 4 heterocycles. The Labute approximate surface area is 202 Å². The van der Waals surface area contributed by atoms with Gasteiger partial charge in [0, 0.05) is 69.0 Å². The Morgan fingerprint density at radius 3 is 2.41 bits per heavy atom. The van der Waals surface area contributed by atoms with Gasteiger partial charge in [0.2, 0.25) is 5.95 Å². The Kier molecular flexibility index (Phi) is 7.56. The highest BCUT2D eigenvalue weighted by Gasteiger charge is 2.25. The maximum Gasteiger partial charge on any atom is 0.254 e. The molecule has 2 aromatic rings. The number of anilines is 2. The van der Waals surface area contributed by atoms with E-state index in [-0.39, 0.29) is 5.91 Å². The molecule has 0 saturated carbocycles. The summed E-state index contributed by atoms with van der Waals surface area (Å²) in [6, 6.07) is 10.6. The van der Waals surface area contributed by atoms with Crippen molar-refractivity contribution in [3.05, 3.63) is 48.3 Å². The van der Waals surface area contributed by atoms with Gasteiger partial charge in [-0.1, -0.05) is 0 Å². The molecule has 1 atom stereocenters. The van der Waals surface area contributed by atoms with Gasteiger partial charge in [-0.2, -0.15) is 0 Å². The third-order valence-corrected chi connectivity index (χ3v) is 7.32. The van der Waals surface area contributed by atoms with Crippen LogP contribution in [0, 0.1) is 5.92 Å². The van der Waals surface area contributed by atoms with Crippen LogP contribution in [0.3, 0.4) is 0 Å². The van der Waals surface area contributed by atoms with Gasteiger partial charge in [-0.3, -0.25) is 4.79 Å². The number of morpholine rings is 1. The van der Waals surface area contributed by atoms with Gasteiger partial charge in [0.15, 0.2) is 0 Å². The molecule has 8 nitrogen and oxygen atoms in total. The highest BCUT2D eigenvalue weighted by atomic mass is 16.5. The van der Waals surface area contributed by atoms with E-state index in [4.69, 9.17) is 4.74 Å². The summed E-state index contributed by atoms with van der Waals surface area (Å²) < 4.78 is 5.35. The molecule has 3 aliphatic rings. The molecule has 8 heteroatoms. The average molecular weight is 465 g/mol. The first kappa shape index (κ1) is 23.1. The van der Waals surface area contributed by atoms with Crippen LogP contribution in [0.15, 0.2) is 42.7 Å². The first-order valence-corrected chi connectivity index (χ1v) is 12.7. The van der Waals surface area contributed by atoms with Crippen LogP contribution in [-0.2, 0) is 4.74 Å². The lowest BCUT2D eigenvalue weighted by Crippen LogP contribution is -2.46. The molecule has 182 valence electrons. The van der Waals surface area contributed by atoms with Crippen LogP contribution in [-0.4, -0.2) is 85.8 Å². The standard InChI is InChI=1S/C26H36N6O2/c33-25(31-15-17-34-18-16-31)22-4-6-24(7-5-22)30-13-8-23(9-14-30)29-19-21-3-1-12-32(20-21)26-27-10-2-11-28-26/h2,4-7,10-11,21,23,29H,1,3,8-9,12-20H2/t21-/m1/s1. The van der Waals surface area contributed by atoms with Crippen molar-refractivity contribution in [2.75, 3.05) is 68.8 Å². The van der Waals surface area contributed by atoms with Crippen LogP contribution < -0.4 is 15.1 Å². The van der Waals surface area contributed by atoms with Crippen LogP contribution in [0.25, 0.3) is 0 Å². The molecule has 5 rings (SSSR count). The molecule has 0 aliphatic carbocycles. The fourth-order valence-corrected chi connectivity index (χ4v) is 5.31. The summed E-state index contributed by atoms with van der Waals surface area (Å²) in [7, 11) is 0. The number of nitrogens with zero attached hydrogens (tertiary/aromatic N) is 5. The van der Waals surface area contributed by atoms with Gasteiger partial charge in [0.25, 0.3) is 5.91 Å². The number of carbonyl (C=O) groups is 1. The monoisotopic (exact) mass is 464 g/mol. The lowest BCUT2D eigenvalue weighted by Gasteiger charge is -2.36. The van der Waals surface area contributed by atoms with Crippen molar-refractivity contribution in [1.29, 1.82) is 0 Å². The SMILES string of the molecule is O=C(c1ccc(N2CCC(NC[C@H]3CCCN(c4ncccn4)C3)CC2)cc1)N1CCOCC1. The minimum absolute atomic E-state index is 0.109. The number of hydrogen-bond donors (Lipinski definition) is 1. The Balaban J connectivity index is 1.06. The number of hydrogen-bond acceptors (Lipinski definition) is 7. The van der Waals surface area contributed by atoms with Gasteiger partial charge in [-0.05, 0) is 68.5 Å². The number of piperidine rings is 2. The summed E-state index contributed by atoms with van der Waals surface area (Å²) in [5, 5.41) is 3.84. The second-order valence-corrected chi connectivity index (χ2v) is 9.62. The van der Waals surface area contributed by atoms with E-state index in [1.807, 2.05) is 35.5 Å². The van der Waals surface area contributed by atoms with E-state index < -0.39 is 0 Å². The van der Waals surface area contributed by atoms with Gasteiger partial charge in [0.05, 0.1) is 13.2 Å². The van der Waals surface area contributed by atoms with Crippen LogP contribution in [0.4, 0.5) is 11.6 Å². The maximum absolute atomic E-state index is 12.7. The number of ether oxygens (including phenoxy) is 1. The summed E-state index contributed by atoms with van der Waals surface area (Å²) in [6.07, 6.45) is 8.41. The molecule has 3 saturated heterocycles. The van der Waals surface area contributed by atoms with Crippen LogP contribution in [0.2, 0.25) is 0 Å². The summed E-state index contributed by atoms with van der Waals surface area (Å²) in [4.78, 5) is 28.2. The number of rotatable bonds is 6. The predicted molar refractivity (Wildman–Crippen MR) is 133 cm³/mol. The second kappa shape index (κ2) is 11.1. The zero-order chi connectivity index (χ0) is 23.2. The number of benzene rings is 1. The molecule has 0 spiro atoms. The van der Waals surface area contributed by atoms with E-state index in [1.54, 1.807) is 0 Å². The van der Waals surface area contributed by atoms with Crippen molar-refractivity contribution in [2.45, 2.75) is 31.7 Å². The molecule has 0 unspecified atom stereocenters. The maximum atomic E-state index is 12.7. The highest BCUT2D eigenvalue weighted by Crippen LogP contribution is 2.23. The largest absolute Gasteiger partial charge is 0.378 e. The quantitative estimate of drug-likeness (QED) is 0.704. The Morgan fingerprint density at radius 1 is 0.941 bits per heavy atom. The topological polar surface area (TPSA) is 73.8 Å². The van der Waals surface area contributed by atoms with Crippen molar-refractivity contribution in [2.24, 2.45) is 5.92 Å². The zero-order valence-corrected chi connectivity index (χ0v) is 19.9. The normalized spacial score (nSPS) is 22.1. The van der Waals surface area contributed by atoms with Crippen molar-refractivity contribution < 1.29 is 9.53 Å². The number of nitrogens with one attached hydrogen (secondary N) is 1. The van der Waals surface area contributed by atoms with Crippen molar-refractivity contribution in [3.63, 3.8) is 0 Å². The van der Waals surface area contributed by atoms with E-state index in [0.717, 1.165) is 57.1 Å². The van der Waals surface area contributed by atoms with Crippen LogP contribution >= 0.6 is 0 Å². The summed E-state index contributed by atoms with van der Waals surface area (Å²) >= 11 is 0. The van der Waals surface area contributed by atoms with Crippen LogP contribution in [0.5, 0.6) is 0 Å². The third kappa shape index (κ3) is 5.67. The molecule has 1 N–H and O–H groups in total. The van der Waals surface area contributed by atoms with Gasteiger partial charge in [-0.15, -0.1) is 0 Å². The lowest BCUT2D eigenvalue weighted by molar-refractivity contribution is 0.0303. The summed E-state index contributed by atoms with van der Waals surface area (Å²) in [6.45, 7) is 7.86. The van der Waals surface area contributed by atoms with Crippen molar-refractivity contribution in [1.82, 2.24) is 20.2 Å². The molecule has 1 aromatic heterocycles. The van der Waals surface area contributed by atoms with Crippen molar-refractivity contribution >= 4 is 17.5 Å². The molecule has 3 fully saturated rings. The minimum Gasteiger partial charge on any atom is -0.378 e. The van der Waals surface area contributed by atoms with Gasteiger partial charge < -0.3 is 24.8 Å². The van der Waals surface area contributed by atoms with Gasteiger partial charge >= 0.3 is 0 Å². The number of amides is 1. The molecule has 34 heavy (non-hydrogen) atoms. The van der Waals surface area contributed by atoms with E-state index in [0.29, 0.717) is 38.3 Å². The fraction of sp³-hybridized carbons (Fsp3) is 0.577. The Morgan fingerprint density at radius 2 is 1.68 bits per heavy atom. The molecule has 1 amide bonds. The lowest BCUT2D eigenvalue weighted by atomic mass is 9.96. The van der Waals surface area contributed by atoms with Gasteiger partial charge in [0.1, 0.15) is 0 Å². The number of aromatic nitrogens is 2. The van der Waals surface area contributed by atoms with Crippen molar-refractivity contribution in [3.8, 4) is 0 Å². The average Bonchev–Trinajstić information content (AvgIpc) is 2.93. The third-order valence-electron chi connectivity index (χ3n) is 7.32. The molecule has 0 radical (unpaired) electrons. The minimum atomic E-state index is 0.109. The summed E-state index contributed by atoms with van der Waals surface area (Å²) in [5.41, 5.74) is 1.98. The zero-order valence-electron chi connectivity index (χ0n) is 19.9. The summed E-state index contributed by atoms with van der Waals surface area (Å²) in [5.74, 6) is 1.61. The molecule has 0 bridgehead atoms. The Bertz CT molecular complexity index is 911. The first-order chi connectivity index (χ1) is 16.8. The molecule has 1 aromatic carbocycles. The van der Waals surface area contributed by atoms with Gasteiger partial charge in [-0.25, -0.2) is 9.97 Å². The fourth-order valence-electron chi connectivity index (χ4n) is 5.31. The second-order valence-electron chi connectivity index (χ2n) is 9.62. The smallest absolute Gasteiger partial charge is 0.254 e. The van der Waals surface area contributed by atoms with E-state index >= 15 is 0 Å². The Hall–Kier alpha value is -2.71. The van der Waals surface area contributed by atoms with E-state index in [2.05, 4.69) is 37.2 Å². The highest BCUT2D eigenvalue weighted by molar-refractivity contribution is 5.94. The van der Waals surface area contributed by atoms with E-state index in [1.165, 1.54) is 18.5 Å². The predicted octanol–water partition coefficient (Wildman–Crippen LogP) is 2.42.